The van der Waals surface area contributed by atoms with E-state index in [1.807, 2.05) is 31.2 Å². The Kier molecular flexibility index (Phi) is 5.02. The van der Waals surface area contributed by atoms with Crippen molar-refractivity contribution in [3.05, 3.63) is 36.1 Å². The van der Waals surface area contributed by atoms with Gasteiger partial charge in [0.25, 0.3) is 0 Å². The maximum Gasteiger partial charge on any atom is 0.248 e. The number of carbonyl (C=O) groups is 2. The van der Waals surface area contributed by atoms with Crippen molar-refractivity contribution in [2.45, 2.75) is 39.2 Å². The highest BCUT2D eigenvalue weighted by atomic mass is 16.5. The molecular weight excluding hydrogens is 320 g/mol. The monoisotopic (exact) mass is 342 g/mol. The summed E-state index contributed by atoms with van der Waals surface area (Å²) < 4.78 is 4.95. The number of rotatable bonds is 6. The molecule has 0 aliphatic carbocycles. The topological polar surface area (TPSA) is 87.5 Å². The third-order valence-corrected chi connectivity index (χ3v) is 4.20. The van der Waals surface area contributed by atoms with Crippen LogP contribution in [0.1, 0.15) is 31.9 Å². The summed E-state index contributed by atoms with van der Waals surface area (Å²) in [5.41, 5.74) is 1.72. The standard InChI is InChI=1S/C18H22N4O3/c1-3-15(18(24)20-16-11-12(2)25-21-16)19-13-6-8-14(9-7-13)22-10-4-5-17(22)23/h6-9,11,15,19H,3-5,10H2,1-2H3,(H,20,21,24)/t15-/m1/s1. The van der Waals surface area contributed by atoms with E-state index in [0.717, 1.165) is 24.3 Å². The molecule has 1 fully saturated rings. The Bertz CT molecular complexity index is 754. The van der Waals surface area contributed by atoms with Gasteiger partial charge in [-0.3, -0.25) is 9.59 Å². The molecule has 3 rings (SSSR count). The van der Waals surface area contributed by atoms with Crippen LogP contribution in [0.4, 0.5) is 17.2 Å². The van der Waals surface area contributed by atoms with Crippen LogP contribution in [0.15, 0.2) is 34.9 Å². The molecular formula is C18H22N4O3. The summed E-state index contributed by atoms with van der Waals surface area (Å²) in [6.07, 6.45) is 2.13. The molecule has 7 heteroatoms. The molecule has 7 nitrogen and oxygen atoms in total. The van der Waals surface area contributed by atoms with Gasteiger partial charge in [0.2, 0.25) is 11.8 Å². The van der Waals surface area contributed by atoms with E-state index in [2.05, 4.69) is 15.8 Å². The van der Waals surface area contributed by atoms with Crippen molar-refractivity contribution in [1.29, 1.82) is 0 Å². The fourth-order valence-corrected chi connectivity index (χ4v) is 2.85. The highest BCUT2D eigenvalue weighted by Crippen LogP contribution is 2.23. The Balaban J connectivity index is 1.63. The van der Waals surface area contributed by atoms with E-state index >= 15 is 0 Å². The Hall–Kier alpha value is -2.83. The summed E-state index contributed by atoms with van der Waals surface area (Å²) in [4.78, 5) is 26.0. The van der Waals surface area contributed by atoms with Crippen LogP contribution in [-0.2, 0) is 9.59 Å². The van der Waals surface area contributed by atoms with Crippen LogP contribution >= 0.6 is 0 Å². The number of nitrogens with one attached hydrogen (secondary N) is 2. The predicted octanol–water partition coefficient (Wildman–Crippen LogP) is 2.94. The molecule has 2 aromatic rings. The Morgan fingerprint density at radius 3 is 2.68 bits per heavy atom. The number of amides is 2. The molecule has 2 N–H and O–H groups in total. The summed E-state index contributed by atoms with van der Waals surface area (Å²) in [5, 5.41) is 9.72. The Labute approximate surface area is 146 Å². The maximum atomic E-state index is 12.4. The molecule has 1 aromatic heterocycles. The average molecular weight is 342 g/mol. The summed E-state index contributed by atoms with van der Waals surface area (Å²) in [6.45, 7) is 4.47. The third kappa shape index (κ3) is 3.99. The number of hydrogen-bond donors (Lipinski definition) is 2. The quantitative estimate of drug-likeness (QED) is 0.843. The fourth-order valence-electron chi connectivity index (χ4n) is 2.85. The van der Waals surface area contributed by atoms with Gasteiger partial charge in [-0.25, -0.2) is 0 Å². The predicted molar refractivity (Wildman–Crippen MR) is 95.6 cm³/mol. The van der Waals surface area contributed by atoms with Gasteiger partial charge in [0.15, 0.2) is 5.82 Å². The molecule has 0 unspecified atom stereocenters. The summed E-state index contributed by atoms with van der Waals surface area (Å²) in [7, 11) is 0. The van der Waals surface area contributed by atoms with Crippen molar-refractivity contribution in [3.63, 3.8) is 0 Å². The summed E-state index contributed by atoms with van der Waals surface area (Å²) >= 11 is 0. The minimum absolute atomic E-state index is 0.162. The van der Waals surface area contributed by atoms with Crippen LogP contribution in [0.2, 0.25) is 0 Å². The van der Waals surface area contributed by atoms with Crippen LogP contribution in [0, 0.1) is 6.92 Å². The third-order valence-electron chi connectivity index (χ3n) is 4.20. The van der Waals surface area contributed by atoms with Gasteiger partial charge < -0.3 is 20.1 Å². The smallest absolute Gasteiger partial charge is 0.248 e. The first-order chi connectivity index (χ1) is 12.1. The largest absolute Gasteiger partial charge is 0.374 e. The Morgan fingerprint density at radius 2 is 2.12 bits per heavy atom. The first kappa shape index (κ1) is 17.0. The lowest BCUT2D eigenvalue weighted by atomic mass is 10.2. The van der Waals surface area contributed by atoms with Gasteiger partial charge in [0.1, 0.15) is 11.8 Å². The van der Waals surface area contributed by atoms with Crippen molar-refractivity contribution in [2.75, 3.05) is 22.1 Å². The SMILES string of the molecule is CC[C@@H](Nc1ccc(N2CCCC2=O)cc1)C(=O)Nc1cc(C)on1. The second-order valence-corrected chi connectivity index (χ2v) is 6.11. The van der Waals surface area contributed by atoms with E-state index < -0.39 is 6.04 Å². The number of hydrogen-bond acceptors (Lipinski definition) is 5. The Morgan fingerprint density at radius 1 is 1.36 bits per heavy atom. The van der Waals surface area contributed by atoms with Crippen LogP contribution in [-0.4, -0.2) is 29.6 Å². The van der Waals surface area contributed by atoms with Crippen molar-refractivity contribution >= 4 is 29.0 Å². The van der Waals surface area contributed by atoms with Gasteiger partial charge in [0, 0.05) is 30.4 Å². The van der Waals surface area contributed by atoms with E-state index in [1.54, 1.807) is 17.9 Å². The molecule has 25 heavy (non-hydrogen) atoms. The molecule has 1 aliphatic heterocycles. The number of nitrogens with zero attached hydrogens (tertiary/aromatic N) is 2. The second-order valence-electron chi connectivity index (χ2n) is 6.11. The molecule has 1 atom stereocenters. The number of aryl methyl sites for hydroxylation is 1. The van der Waals surface area contributed by atoms with Crippen molar-refractivity contribution in [1.82, 2.24) is 5.16 Å². The van der Waals surface area contributed by atoms with E-state index in [0.29, 0.717) is 24.4 Å². The lowest BCUT2D eigenvalue weighted by Crippen LogP contribution is -2.34. The maximum absolute atomic E-state index is 12.4. The number of benzene rings is 1. The molecule has 1 aromatic carbocycles. The molecule has 1 saturated heterocycles. The van der Waals surface area contributed by atoms with Gasteiger partial charge in [-0.15, -0.1) is 0 Å². The van der Waals surface area contributed by atoms with Gasteiger partial charge >= 0.3 is 0 Å². The van der Waals surface area contributed by atoms with Crippen molar-refractivity contribution in [3.8, 4) is 0 Å². The fraction of sp³-hybridized carbons (Fsp3) is 0.389. The second kappa shape index (κ2) is 7.38. The van der Waals surface area contributed by atoms with E-state index in [-0.39, 0.29) is 11.8 Å². The number of anilines is 3. The van der Waals surface area contributed by atoms with Crippen LogP contribution in [0.5, 0.6) is 0 Å². The first-order valence-electron chi connectivity index (χ1n) is 8.48. The lowest BCUT2D eigenvalue weighted by Gasteiger charge is -2.19. The average Bonchev–Trinajstić information content (AvgIpc) is 3.21. The molecule has 1 aliphatic rings. The summed E-state index contributed by atoms with van der Waals surface area (Å²) in [6, 6.07) is 8.85. The first-order valence-corrected chi connectivity index (χ1v) is 8.48. The number of carbonyl (C=O) groups excluding carboxylic acids is 2. The van der Waals surface area contributed by atoms with Gasteiger partial charge in [-0.2, -0.15) is 0 Å². The molecule has 2 heterocycles. The minimum Gasteiger partial charge on any atom is -0.374 e. The molecule has 0 bridgehead atoms. The van der Waals surface area contributed by atoms with Crippen molar-refractivity contribution < 1.29 is 14.1 Å². The molecule has 132 valence electrons. The van der Waals surface area contributed by atoms with Gasteiger partial charge in [-0.05, 0) is 44.0 Å². The zero-order valence-electron chi connectivity index (χ0n) is 14.4. The summed E-state index contributed by atoms with van der Waals surface area (Å²) in [5.74, 6) is 1.04. The number of aromatic nitrogens is 1. The van der Waals surface area contributed by atoms with Crippen molar-refractivity contribution in [2.24, 2.45) is 0 Å². The zero-order valence-corrected chi connectivity index (χ0v) is 14.4. The van der Waals surface area contributed by atoms with E-state index in [4.69, 9.17) is 4.52 Å². The minimum atomic E-state index is -0.392. The molecule has 2 amide bonds. The highest BCUT2D eigenvalue weighted by Gasteiger charge is 2.22. The van der Waals surface area contributed by atoms with E-state index in [1.165, 1.54) is 0 Å². The lowest BCUT2D eigenvalue weighted by molar-refractivity contribution is -0.117. The zero-order chi connectivity index (χ0) is 17.8. The molecule has 0 spiro atoms. The normalized spacial score (nSPS) is 15.3. The van der Waals surface area contributed by atoms with Gasteiger partial charge in [0.05, 0.1) is 0 Å². The van der Waals surface area contributed by atoms with Crippen LogP contribution < -0.4 is 15.5 Å². The van der Waals surface area contributed by atoms with Crippen LogP contribution in [0.3, 0.4) is 0 Å². The molecule has 0 saturated carbocycles. The van der Waals surface area contributed by atoms with Gasteiger partial charge in [-0.1, -0.05) is 12.1 Å². The van der Waals surface area contributed by atoms with E-state index in [9.17, 15) is 9.59 Å². The molecule has 0 radical (unpaired) electrons. The van der Waals surface area contributed by atoms with Crippen LogP contribution in [0.25, 0.3) is 0 Å². The highest BCUT2D eigenvalue weighted by molar-refractivity contribution is 5.96.